The number of unbranched alkanes of at least 4 members (excludes halogenated alkanes) is 6. The smallest absolute Gasteiger partial charge is 0.341 e. The molecule has 0 bridgehead atoms. The predicted molar refractivity (Wildman–Crippen MR) is 114 cm³/mol. The lowest BCUT2D eigenvalue weighted by Gasteiger charge is -2.38. The number of hydrogen-bond acceptors (Lipinski definition) is 3. The number of hydrogen-bond donors (Lipinski definition) is 1. The van der Waals surface area contributed by atoms with Gasteiger partial charge in [0.15, 0.2) is 6.61 Å². The fourth-order valence-corrected chi connectivity index (χ4v) is 4.26. The highest BCUT2D eigenvalue weighted by Crippen LogP contribution is 2.44. The average Bonchev–Trinajstić information content (AvgIpc) is 2.65. The zero-order chi connectivity index (χ0) is 20.7. The molecule has 2 rings (SSSR count). The summed E-state index contributed by atoms with van der Waals surface area (Å²) in [7, 11) is 0. The first kappa shape index (κ1) is 22.6. The van der Waals surface area contributed by atoms with Gasteiger partial charge >= 0.3 is 5.97 Å². The standard InChI is InChI=1S/C24H38O4/c1-6-7-8-9-10-11-12-14-24(5)15-13-20-19(4)22(27-16-21(25)26)17(2)18(3)23(20)28-24/h6-16H2,1-5H3,(H,25,26). The fraction of sp³-hybridized carbons (Fsp3) is 0.708. The van der Waals surface area contributed by atoms with Crippen LogP contribution in [0.5, 0.6) is 11.5 Å². The van der Waals surface area contributed by atoms with Crippen LogP contribution in [0.1, 0.15) is 93.9 Å². The van der Waals surface area contributed by atoms with Gasteiger partial charge in [0.25, 0.3) is 0 Å². The molecule has 1 heterocycles. The highest BCUT2D eigenvalue weighted by atomic mass is 16.5. The molecule has 0 saturated heterocycles. The van der Waals surface area contributed by atoms with E-state index in [-0.39, 0.29) is 12.2 Å². The maximum atomic E-state index is 10.9. The summed E-state index contributed by atoms with van der Waals surface area (Å²) < 4.78 is 12.2. The SMILES string of the molecule is CCCCCCCCCC1(C)CCc2c(C)c(OCC(=O)O)c(C)c(C)c2O1. The summed E-state index contributed by atoms with van der Waals surface area (Å²) >= 11 is 0. The first-order chi connectivity index (χ1) is 13.3. The Morgan fingerprint density at radius 2 is 1.68 bits per heavy atom. The molecule has 0 spiro atoms. The minimum absolute atomic E-state index is 0.108. The molecular weight excluding hydrogens is 352 g/mol. The highest BCUT2D eigenvalue weighted by molar-refractivity contribution is 5.69. The van der Waals surface area contributed by atoms with Gasteiger partial charge in [-0.25, -0.2) is 4.79 Å². The van der Waals surface area contributed by atoms with Gasteiger partial charge in [0.2, 0.25) is 0 Å². The van der Waals surface area contributed by atoms with E-state index in [0.29, 0.717) is 5.75 Å². The molecule has 28 heavy (non-hydrogen) atoms. The van der Waals surface area contributed by atoms with Crippen molar-refractivity contribution >= 4 is 5.97 Å². The molecule has 4 heteroatoms. The lowest BCUT2D eigenvalue weighted by Crippen LogP contribution is -2.37. The number of rotatable bonds is 11. The van der Waals surface area contributed by atoms with Gasteiger partial charge < -0.3 is 14.6 Å². The van der Waals surface area contributed by atoms with Crippen LogP contribution >= 0.6 is 0 Å². The number of ether oxygens (including phenoxy) is 2. The molecule has 0 radical (unpaired) electrons. The Hall–Kier alpha value is -1.71. The number of carboxylic acid groups (broad SMARTS) is 1. The monoisotopic (exact) mass is 390 g/mol. The van der Waals surface area contributed by atoms with Crippen molar-refractivity contribution in [3.8, 4) is 11.5 Å². The van der Waals surface area contributed by atoms with Gasteiger partial charge in [-0.2, -0.15) is 0 Å². The molecule has 0 aromatic heterocycles. The summed E-state index contributed by atoms with van der Waals surface area (Å²) in [4.78, 5) is 10.9. The van der Waals surface area contributed by atoms with Crippen LogP contribution in [-0.4, -0.2) is 23.3 Å². The lowest BCUT2D eigenvalue weighted by atomic mass is 9.84. The van der Waals surface area contributed by atoms with Crippen LogP contribution in [0.3, 0.4) is 0 Å². The van der Waals surface area contributed by atoms with Crippen LogP contribution in [0, 0.1) is 20.8 Å². The van der Waals surface area contributed by atoms with Crippen molar-refractivity contribution in [2.24, 2.45) is 0 Å². The number of benzene rings is 1. The highest BCUT2D eigenvalue weighted by Gasteiger charge is 2.34. The molecule has 1 unspecified atom stereocenters. The van der Waals surface area contributed by atoms with E-state index in [9.17, 15) is 4.79 Å². The van der Waals surface area contributed by atoms with Crippen molar-refractivity contribution in [1.29, 1.82) is 0 Å². The zero-order valence-corrected chi connectivity index (χ0v) is 18.5. The Morgan fingerprint density at radius 3 is 2.32 bits per heavy atom. The second-order valence-electron chi connectivity index (χ2n) is 8.62. The minimum atomic E-state index is -0.951. The van der Waals surface area contributed by atoms with Gasteiger partial charge in [0.05, 0.1) is 0 Å². The summed E-state index contributed by atoms with van der Waals surface area (Å²) in [5.74, 6) is 0.750. The summed E-state index contributed by atoms with van der Waals surface area (Å²) in [6, 6.07) is 0. The van der Waals surface area contributed by atoms with E-state index < -0.39 is 5.97 Å². The molecule has 1 aliphatic rings. The first-order valence-electron chi connectivity index (χ1n) is 11.0. The Labute approximate surface area is 170 Å². The summed E-state index contributed by atoms with van der Waals surface area (Å²) in [6.07, 6.45) is 12.2. The Morgan fingerprint density at radius 1 is 1.04 bits per heavy atom. The molecule has 0 fully saturated rings. The molecule has 1 atom stereocenters. The molecule has 0 aliphatic carbocycles. The first-order valence-corrected chi connectivity index (χ1v) is 11.0. The van der Waals surface area contributed by atoms with Crippen LogP contribution in [0.25, 0.3) is 0 Å². The van der Waals surface area contributed by atoms with Gasteiger partial charge in [-0.1, -0.05) is 45.4 Å². The maximum Gasteiger partial charge on any atom is 0.341 e. The Bertz CT molecular complexity index is 680. The van der Waals surface area contributed by atoms with Crippen LogP contribution in [-0.2, 0) is 11.2 Å². The normalized spacial score (nSPS) is 18.5. The number of aliphatic carboxylic acids is 1. The second-order valence-corrected chi connectivity index (χ2v) is 8.62. The van der Waals surface area contributed by atoms with Crippen molar-refractivity contribution in [2.75, 3.05) is 6.61 Å². The van der Waals surface area contributed by atoms with Crippen molar-refractivity contribution in [2.45, 2.75) is 104 Å². The lowest BCUT2D eigenvalue weighted by molar-refractivity contribution is -0.139. The van der Waals surface area contributed by atoms with Crippen LogP contribution in [0.15, 0.2) is 0 Å². The van der Waals surface area contributed by atoms with Crippen molar-refractivity contribution in [3.63, 3.8) is 0 Å². The summed E-state index contributed by atoms with van der Waals surface area (Å²) in [6.45, 7) is 10.3. The predicted octanol–water partition coefficient (Wildman–Crippen LogP) is 6.30. The third-order valence-electron chi connectivity index (χ3n) is 6.21. The van der Waals surface area contributed by atoms with Crippen molar-refractivity contribution in [3.05, 3.63) is 22.3 Å². The van der Waals surface area contributed by atoms with Crippen LogP contribution in [0.4, 0.5) is 0 Å². The Balaban J connectivity index is 2.02. The number of carbonyl (C=O) groups is 1. The van der Waals surface area contributed by atoms with Gasteiger partial charge in [-0.15, -0.1) is 0 Å². The minimum Gasteiger partial charge on any atom is -0.487 e. The van der Waals surface area contributed by atoms with E-state index >= 15 is 0 Å². The van der Waals surface area contributed by atoms with Crippen molar-refractivity contribution in [1.82, 2.24) is 0 Å². The molecule has 1 aromatic rings. The third kappa shape index (κ3) is 5.65. The van der Waals surface area contributed by atoms with E-state index in [4.69, 9.17) is 14.6 Å². The van der Waals surface area contributed by atoms with Crippen molar-refractivity contribution < 1.29 is 19.4 Å². The molecule has 1 aliphatic heterocycles. The number of carboxylic acids is 1. The molecule has 0 saturated carbocycles. The van der Waals surface area contributed by atoms with Gasteiger partial charge in [0, 0.05) is 5.56 Å². The average molecular weight is 391 g/mol. The topological polar surface area (TPSA) is 55.8 Å². The number of fused-ring (bicyclic) bond motifs is 1. The van der Waals surface area contributed by atoms with Gasteiger partial charge in [-0.3, -0.25) is 0 Å². The molecule has 158 valence electrons. The Kier molecular flexibility index (Phi) is 8.21. The summed E-state index contributed by atoms with van der Waals surface area (Å²) in [5.41, 5.74) is 4.16. The molecule has 0 amide bonds. The zero-order valence-electron chi connectivity index (χ0n) is 18.5. The largest absolute Gasteiger partial charge is 0.487 e. The second kappa shape index (κ2) is 10.2. The van der Waals surface area contributed by atoms with E-state index in [2.05, 4.69) is 20.8 Å². The third-order valence-corrected chi connectivity index (χ3v) is 6.21. The van der Waals surface area contributed by atoms with Crippen LogP contribution in [0.2, 0.25) is 0 Å². The summed E-state index contributed by atoms with van der Waals surface area (Å²) in [5, 5.41) is 8.95. The fourth-order valence-electron chi connectivity index (χ4n) is 4.26. The quantitative estimate of drug-likeness (QED) is 0.450. The van der Waals surface area contributed by atoms with E-state index in [1.807, 2.05) is 13.8 Å². The van der Waals surface area contributed by atoms with E-state index in [1.54, 1.807) is 0 Å². The molecule has 1 N–H and O–H groups in total. The van der Waals surface area contributed by atoms with E-state index in [1.165, 1.54) is 50.5 Å². The van der Waals surface area contributed by atoms with Crippen LogP contribution < -0.4 is 9.47 Å². The van der Waals surface area contributed by atoms with Gasteiger partial charge in [0.1, 0.15) is 17.1 Å². The molecule has 4 nitrogen and oxygen atoms in total. The molecule has 1 aromatic carbocycles. The molecular formula is C24H38O4. The van der Waals surface area contributed by atoms with Gasteiger partial charge in [-0.05, 0) is 70.1 Å². The van der Waals surface area contributed by atoms with E-state index in [0.717, 1.165) is 41.7 Å². The maximum absolute atomic E-state index is 10.9.